The van der Waals surface area contributed by atoms with Gasteiger partial charge in [-0.15, -0.1) is 5.10 Å². The lowest BCUT2D eigenvalue weighted by molar-refractivity contribution is 0.174. The number of nitrogens with one attached hydrogen (secondary N) is 2. The molecule has 3 aromatic rings. The highest BCUT2D eigenvalue weighted by Crippen LogP contribution is 2.36. The minimum Gasteiger partial charge on any atom is -0.454 e. The summed E-state index contributed by atoms with van der Waals surface area (Å²) in [6.07, 6.45) is 1.59. The van der Waals surface area contributed by atoms with Crippen LogP contribution in [0.3, 0.4) is 0 Å². The van der Waals surface area contributed by atoms with Crippen LogP contribution in [0.1, 0.15) is 50.7 Å². The van der Waals surface area contributed by atoms with Crippen molar-refractivity contribution in [1.29, 1.82) is 0 Å². The number of benzene rings is 2. The molecule has 0 saturated carbocycles. The molecule has 0 saturated heterocycles. The van der Waals surface area contributed by atoms with Crippen LogP contribution in [-0.2, 0) is 0 Å². The quantitative estimate of drug-likeness (QED) is 0.587. The van der Waals surface area contributed by atoms with Crippen molar-refractivity contribution >= 4 is 23.1 Å². The number of aromatic nitrogens is 3. The summed E-state index contributed by atoms with van der Waals surface area (Å²) in [7, 11) is 0. The summed E-state index contributed by atoms with van der Waals surface area (Å²) in [6.45, 7) is 8.97. The molecule has 7 nitrogen and oxygen atoms in total. The average molecular weight is 391 g/mol. The van der Waals surface area contributed by atoms with Crippen molar-refractivity contribution in [2.45, 2.75) is 39.5 Å². The van der Waals surface area contributed by atoms with Gasteiger partial charge in [-0.1, -0.05) is 45.9 Å². The number of anilines is 4. The SMILES string of the molecule is CC(C)c1cccc(C(C)C)c1Nc1nncc(Nc2ccc3c(c2)OCO3)n1. The third-order valence-corrected chi connectivity index (χ3v) is 4.81. The molecule has 0 aliphatic carbocycles. The third-order valence-electron chi connectivity index (χ3n) is 4.81. The maximum absolute atomic E-state index is 5.43. The second kappa shape index (κ2) is 7.95. The highest BCUT2D eigenvalue weighted by Gasteiger charge is 2.16. The summed E-state index contributed by atoms with van der Waals surface area (Å²) in [5, 5.41) is 14.9. The molecule has 0 fully saturated rings. The Labute approximate surface area is 170 Å². The Morgan fingerprint density at radius 1 is 0.897 bits per heavy atom. The molecule has 4 rings (SSSR count). The van der Waals surface area contributed by atoms with Crippen molar-refractivity contribution in [3.63, 3.8) is 0 Å². The number of nitrogens with zero attached hydrogens (tertiary/aromatic N) is 3. The minimum absolute atomic E-state index is 0.245. The molecule has 1 aliphatic heterocycles. The summed E-state index contributed by atoms with van der Waals surface area (Å²) >= 11 is 0. The Bertz CT molecular complexity index is 994. The van der Waals surface area contributed by atoms with E-state index >= 15 is 0 Å². The van der Waals surface area contributed by atoms with E-state index in [2.05, 4.69) is 71.7 Å². The van der Waals surface area contributed by atoms with Gasteiger partial charge in [0.25, 0.3) is 0 Å². The van der Waals surface area contributed by atoms with Crippen LogP contribution >= 0.6 is 0 Å². The van der Waals surface area contributed by atoms with E-state index in [1.54, 1.807) is 6.20 Å². The Morgan fingerprint density at radius 3 is 2.34 bits per heavy atom. The molecule has 0 bridgehead atoms. The van der Waals surface area contributed by atoms with Gasteiger partial charge in [0, 0.05) is 17.4 Å². The van der Waals surface area contributed by atoms with Crippen LogP contribution in [0.5, 0.6) is 11.5 Å². The monoisotopic (exact) mass is 391 g/mol. The Morgan fingerprint density at radius 2 is 1.62 bits per heavy atom. The number of fused-ring (bicyclic) bond motifs is 1. The van der Waals surface area contributed by atoms with Gasteiger partial charge in [-0.2, -0.15) is 10.1 Å². The third kappa shape index (κ3) is 4.08. The maximum atomic E-state index is 5.43. The van der Waals surface area contributed by atoms with Gasteiger partial charge in [0.1, 0.15) is 0 Å². The molecule has 150 valence electrons. The molecule has 0 atom stereocenters. The van der Waals surface area contributed by atoms with Gasteiger partial charge in [0.2, 0.25) is 12.7 Å². The van der Waals surface area contributed by atoms with Crippen LogP contribution < -0.4 is 20.1 Å². The van der Waals surface area contributed by atoms with E-state index in [-0.39, 0.29) is 6.79 Å². The van der Waals surface area contributed by atoms with E-state index in [4.69, 9.17) is 9.47 Å². The number of ether oxygens (including phenoxy) is 2. The lowest BCUT2D eigenvalue weighted by Crippen LogP contribution is -2.07. The molecule has 0 amide bonds. The van der Waals surface area contributed by atoms with Crippen LogP contribution in [0.2, 0.25) is 0 Å². The molecule has 2 aromatic carbocycles. The number of hydrogen-bond acceptors (Lipinski definition) is 7. The zero-order valence-electron chi connectivity index (χ0n) is 17.1. The number of hydrogen-bond donors (Lipinski definition) is 2. The van der Waals surface area contributed by atoms with Crippen LogP contribution in [-0.4, -0.2) is 22.0 Å². The van der Waals surface area contributed by atoms with Gasteiger partial charge in [0.05, 0.1) is 6.20 Å². The topological polar surface area (TPSA) is 81.2 Å². The summed E-state index contributed by atoms with van der Waals surface area (Å²) in [5.41, 5.74) is 4.36. The van der Waals surface area contributed by atoms with Crippen LogP contribution in [0.15, 0.2) is 42.6 Å². The van der Waals surface area contributed by atoms with E-state index in [1.165, 1.54) is 11.1 Å². The summed E-state index contributed by atoms with van der Waals surface area (Å²) in [4.78, 5) is 4.59. The van der Waals surface area contributed by atoms with E-state index in [9.17, 15) is 0 Å². The second-order valence-corrected chi connectivity index (χ2v) is 7.60. The zero-order chi connectivity index (χ0) is 20.4. The lowest BCUT2D eigenvalue weighted by Gasteiger charge is -2.20. The highest BCUT2D eigenvalue weighted by atomic mass is 16.7. The number of rotatable bonds is 6. The van der Waals surface area contributed by atoms with Gasteiger partial charge in [-0.25, -0.2) is 0 Å². The van der Waals surface area contributed by atoms with E-state index < -0.39 is 0 Å². The van der Waals surface area contributed by atoms with Gasteiger partial charge >= 0.3 is 0 Å². The first-order valence-corrected chi connectivity index (χ1v) is 9.77. The Hall–Kier alpha value is -3.35. The first-order valence-electron chi connectivity index (χ1n) is 9.77. The second-order valence-electron chi connectivity index (χ2n) is 7.60. The predicted molar refractivity (Wildman–Crippen MR) is 114 cm³/mol. The Kier molecular flexibility index (Phi) is 5.20. The fourth-order valence-electron chi connectivity index (χ4n) is 3.35. The van der Waals surface area contributed by atoms with Crippen molar-refractivity contribution < 1.29 is 9.47 Å². The van der Waals surface area contributed by atoms with Gasteiger partial charge in [0.15, 0.2) is 17.3 Å². The molecule has 1 aromatic heterocycles. The van der Waals surface area contributed by atoms with Gasteiger partial charge < -0.3 is 20.1 Å². The largest absolute Gasteiger partial charge is 0.454 e. The Balaban J connectivity index is 1.60. The molecule has 2 N–H and O–H groups in total. The van der Waals surface area contributed by atoms with E-state index in [1.807, 2.05) is 18.2 Å². The summed E-state index contributed by atoms with van der Waals surface area (Å²) in [5.74, 6) is 3.24. The predicted octanol–water partition coefficient (Wildman–Crippen LogP) is 5.33. The molecule has 2 heterocycles. The van der Waals surface area contributed by atoms with Crippen molar-refractivity contribution in [3.8, 4) is 11.5 Å². The zero-order valence-corrected chi connectivity index (χ0v) is 17.1. The molecule has 0 unspecified atom stereocenters. The van der Waals surface area contributed by atoms with E-state index in [0.29, 0.717) is 29.4 Å². The average Bonchev–Trinajstić information content (AvgIpc) is 3.16. The molecular weight excluding hydrogens is 366 g/mol. The molecule has 7 heteroatoms. The number of para-hydroxylation sites is 1. The van der Waals surface area contributed by atoms with Gasteiger partial charge in [-0.3, -0.25) is 0 Å². The van der Waals surface area contributed by atoms with Crippen molar-refractivity contribution in [3.05, 3.63) is 53.7 Å². The normalized spacial score (nSPS) is 12.5. The van der Waals surface area contributed by atoms with Crippen molar-refractivity contribution in [2.75, 3.05) is 17.4 Å². The van der Waals surface area contributed by atoms with Crippen molar-refractivity contribution in [1.82, 2.24) is 15.2 Å². The van der Waals surface area contributed by atoms with Crippen molar-refractivity contribution in [2.24, 2.45) is 0 Å². The molecular formula is C22H25N5O2. The maximum Gasteiger partial charge on any atom is 0.249 e. The molecule has 0 radical (unpaired) electrons. The van der Waals surface area contributed by atoms with Crippen LogP contribution in [0.4, 0.5) is 23.1 Å². The fraction of sp³-hybridized carbons (Fsp3) is 0.318. The van der Waals surface area contributed by atoms with E-state index in [0.717, 1.165) is 17.1 Å². The first-order chi connectivity index (χ1) is 14.0. The lowest BCUT2D eigenvalue weighted by atomic mass is 9.93. The molecule has 29 heavy (non-hydrogen) atoms. The highest BCUT2D eigenvalue weighted by molar-refractivity contribution is 5.67. The first kappa shape index (κ1) is 19.0. The summed E-state index contributed by atoms with van der Waals surface area (Å²) < 4.78 is 10.8. The minimum atomic E-state index is 0.245. The molecule has 1 aliphatic rings. The standard InChI is InChI=1S/C22H25N5O2/c1-13(2)16-6-5-7-17(14(3)4)21(16)26-22-25-20(11-23-27-22)24-15-8-9-18-19(10-15)29-12-28-18/h5-11,13-14H,12H2,1-4H3,(H2,24,25,26,27). The fourth-order valence-corrected chi connectivity index (χ4v) is 3.35. The van der Waals surface area contributed by atoms with Gasteiger partial charge in [-0.05, 0) is 35.1 Å². The smallest absolute Gasteiger partial charge is 0.249 e. The van der Waals surface area contributed by atoms with Crippen LogP contribution in [0, 0.1) is 0 Å². The molecule has 0 spiro atoms. The van der Waals surface area contributed by atoms with Crippen LogP contribution in [0.25, 0.3) is 0 Å². The summed E-state index contributed by atoms with van der Waals surface area (Å²) in [6, 6.07) is 12.0.